The van der Waals surface area contributed by atoms with E-state index in [1.807, 2.05) is 44.4 Å². The number of hydrogen-bond acceptors (Lipinski definition) is 5. The lowest BCUT2D eigenvalue weighted by Crippen LogP contribution is -2.41. The van der Waals surface area contributed by atoms with Gasteiger partial charge in [-0.2, -0.15) is 0 Å². The predicted molar refractivity (Wildman–Crippen MR) is 133 cm³/mol. The summed E-state index contributed by atoms with van der Waals surface area (Å²) in [6.07, 6.45) is 2.00. The van der Waals surface area contributed by atoms with Crippen LogP contribution in [0.25, 0.3) is 0 Å². The van der Waals surface area contributed by atoms with Gasteiger partial charge in [0.15, 0.2) is 0 Å². The van der Waals surface area contributed by atoms with Crippen molar-refractivity contribution >= 4 is 33.4 Å². The molecule has 6 nitrogen and oxygen atoms in total. The van der Waals surface area contributed by atoms with Gasteiger partial charge in [-0.15, -0.1) is 11.8 Å². The van der Waals surface area contributed by atoms with Crippen molar-refractivity contribution in [3.8, 4) is 5.75 Å². The monoisotopic (exact) mass is 484 g/mol. The number of amides is 1. The van der Waals surface area contributed by atoms with Crippen LogP contribution in [0.4, 0.5) is 5.69 Å². The Balaban J connectivity index is 1.90. The molecule has 8 heteroatoms. The summed E-state index contributed by atoms with van der Waals surface area (Å²) in [6.45, 7) is 3.32. The molecule has 0 saturated heterocycles. The molecule has 0 aliphatic carbocycles. The average molecular weight is 485 g/mol. The molecule has 0 fully saturated rings. The van der Waals surface area contributed by atoms with Crippen molar-refractivity contribution < 1.29 is 17.9 Å². The number of sulfonamides is 1. The number of methoxy groups -OCH3 is 1. The van der Waals surface area contributed by atoms with Crippen LogP contribution in [0.15, 0.2) is 82.6 Å². The summed E-state index contributed by atoms with van der Waals surface area (Å²) in [6, 6.07) is 21.2. The molecule has 0 bridgehead atoms. The van der Waals surface area contributed by atoms with Gasteiger partial charge in [0.05, 0.1) is 18.8 Å². The molecule has 33 heavy (non-hydrogen) atoms. The molecule has 0 spiro atoms. The van der Waals surface area contributed by atoms with E-state index in [2.05, 4.69) is 5.32 Å². The van der Waals surface area contributed by atoms with Crippen molar-refractivity contribution in [2.75, 3.05) is 24.2 Å². The molecule has 0 aliphatic heterocycles. The summed E-state index contributed by atoms with van der Waals surface area (Å²) in [5.41, 5.74) is 2.11. The zero-order valence-corrected chi connectivity index (χ0v) is 20.7. The molecule has 1 N–H and O–H groups in total. The minimum atomic E-state index is -4.08. The van der Waals surface area contributed by atoms with Gasteiger partial charge in [0, 0.05) is 4.90 Å². The first-order valence-corrected chi connectivity index (χ1v) is 13.1. The minimum absolute atomic E-state index is 0.0161. The largest absolute Gasteiger partial charge is 0.495 e. The zero-order chi connectivity index (χ0) is 24.0. The zero-order valence-electron chi connectivity index (χ0n) is 19.1. The van der Waals surface area contributed by atoms with Gasteiger partial charge in [-0.05, 0) is 67.6 Å². The first kappa shape index (κ1) is 24.7. The highest BCUT2D eigenvalue weighted by molar-refractivity contribution is 7.98. The summed E-state index contributed by atoms with van der Waals surface area (Å²) >= 11 is 1.64. The molecule has 0 radical (unpaired) electrons. The van der Waals surface area contributed by atoms with Gasteiger partial charge in [-0.3, -0.25) is 9.10 Å². The lowest BCUT2D eigenvalue weighted by Gasteiger charge is -2.26. The molecule has 174 valence electrons. The van der Waals surface area contributed by atoms with Crippen LogP contribution in [0.5, 0.6) is 5.75 Å². The Morgan fingerprint density at radius 3 is 2.33 bits per heavy atom. The smallest absolute Gasteiger partial charge is 0.268 e. The van der Waals surface area contributed by atoms with Gasteiger partial charge in [0.2, 0.25) is 5.91 Å². The third-order valence-electron chi connectivity index (χ3n) is 5.21. The van der Waals surface area contributed by atoms with Crippen molar-refractivity contribution in [3.63, 3.8) is 0 Å². The van der Waals surface area contributed by atoms with E-state index >= 15 is 0 Å². The lowest BCUT2D eigenvalue weighted by molar-refractivity contribution is -0.120. The Morgan fingerprint density at radius 2 is 1.73 bits per heavy atom. The highest BCUT2D eigenvalue weighted by Crippen LogP contribution is 2.31. The van der Waals surface area contributed by atoms with Crippen molar-refractivity contribution in [2.24, 2.45) is 0 Å². The average Bonchev–Trinajstić information content (AvgIpc) is 2.83. The van der Waals surface area contributed by atoms with E-state index in [1.165, 1.54) is 7.11 Å². The Morgan fingerprint density at radius 1 is 1.06 bits per heavy atom. The maximum atomic E-state index is 13.7. The summed E-state index contributed by atoms with van der Waals surface area (Å²) in [5.74, 6) is -0.181. The fourth-order valence-electron chi connectivity index (χ4n) is 3.41. The van der Waals surface area contributed by atoms with Crippen molar-refractivity contribution in [1.82, 2.24) is 5.32 Å². The topological polar surface area (TPSA) is 75.7 Å². The van der Waals surface area contributed by atoms with E-state index in [1.54, 1.807) is 60.3 Å². The van der Waals surface area contributed by atoms with Crippen LogP contribution in [-0.2, 0) is 14.8 Å². The molecule has 3 aromatic rings. The number of nitrogens with one attached hydrogen (secondary N) is 1. The first-order chi connectivity index (χ1) is 15.8. The van der Waals surface area contributed by atoms with E-state index in [4.69, 9.17) is 4.74 Å². The number of benzene rings is 3. The normalized spacial score (nSPS) is 12.1. The Labute approximate surface area is 200 Å². The molecule has 0 aromatic heterocycles. The summed E-state index contributed by atoms with van der Waals surface area (Å²) < 4.78 is 33.8. The summed E-state index contributed by atoms with van der Waals surface area (Å²) in [4.78, 5) is 14.1. The molecule has 1 amide bonds. The number of rotatable bonds is 9. The van der Waals surface area contributed by atoms with Crippen LogP contribution in [-0.4, -0.2) is 34.2 Å². The Hall–Kier alpha value is -2.97. The quantitative estimate of drug-likeness (QED) is 0.442. The summed E-state index contributed by atoms with van der Waals surface area (Å²) in [7, 11) is -2.66. The van der Waals surface area contributed by atoms with Crippen LogP contribution < -0.4 is 14.4 Å². The maximum absolute atomic E-state index is 13.7. The van der Waals surface area contributed by atoms with Crippen LogP contribution in [0.1, 0.15) is 24.1 Å². The van der Waals surface area contributed by atoms with Gasteiger partial charge in [0.1, 0.15) is 17.2 Å². The van der Waals surface area contributed by atoms with Crippen molar-refractivity contribution in [2.45, 2.75) is 29.7 Å². The second kappa shape index (κ2) is 10.8. The lowest BCUT2D eigenvalue weighted by atomic mass is 10.1. The van der Waals surface area contributed by atoms with Crippen LogP contribution in [0, 0.1) is 6.92 Å². The molecular formula is C25H28N2O4S2. The molecule has 3 rings (SSSR count). The predicted octanol–water partition coefficient (Wildman–Crippen LogP) is 4.80. The molecule has 3 aromatic carbocycles. The van der Waals surface area contributed by atoms with Gasteiger partial charge in [-0.25, -0.2) is 8.42 Å². The van der Waals surface area contributed by atoms with Gasteiger partial charge in [-0.1, -0.05) is 36.4 Å². The highest BCUT2D eigenvalue weighted by atomic mass is 32.2. The second-order valence-corrected chi connectivity index (χ2v) is 10.3. The van der Waals surface area contributed by atoms with E-state index in [0.717, 1.165) is 20.3 Å². The number of para-hydroxylation sites is 1. The van der Waals surface area contributed by atoms with E-state index in [0.29, 0.717) is 5.69 Å². The number of carbonyl (C=O) groups excluding carboxylic acids is 1. The summed E-state index contributed by atoms with van der Waals surface area (Å²) in [5, 5.41) is 2.91. The SMILES string of the molecule is COc1ccc(C)cc1S(=O)(=O)N(CC(=O)N[C@H](C)c1ccc(SC)cc1)c1ccccc1. The van der Waals surface area contributed by atoms with Gasteiger partial charge < -0.3 is 10.1 Å². The van der Waals surface area contributed by atoms with E-state index in [9.17, 15) is 13.2 Å². The number of carbonyl (C=O) groups is 1. The first-order valence-electron chi connectivity index (χ1n) is 10.4. The van der Waals surface area contributed by atoms with E-state index in [-0.39, 0.29) is 23.2 Å². The third kappa shape index (κ3) is 5.89. The molecular weight excluding hydrogens is 456 g/mol. The Bertz CT molecular complexity index is 1200. The second-order valence-electron chi connectivity index (χ2n) is 7.56. The molecule has 0 unspecified atom stereocenters. The van der Waals surface area contributed by atoms with Crippen molar-refractivity contribution in [1.29, 1.82) is 0 Å². The number of thioether (sulfide) groups is 1. The number of aryl methyl sites for hydroxylation is 1. The number of hydrogen-bond donors (Lipinski definition) is 1. The van der Waals surface area contributed by atoms with Crippen LogP contribution >= 0.6 is 11.8 Å². The minimum Gasteiger partial charge on any atom is -0.495 e. The molecule has 1 atom stereocenters. The van der Waals surface area contributed by atoms with Crippen LogP contribution in [0.2, 0.25) is 0 Å². The number of anilines is 1. The van der Waals surface area contributed by atoms with Crippen molar-refractivity contribution in [3.05, 3.63) is 83.9 Å². The van der Waals surface area contributed by atoms with Crippen LogP contribution in [0.3, 0.4) is 0 Å². The molecule has 0 aliphatic rings. The fourth-order valence-corrected chi connectivity index (χ4v) is 5.48. The number of nitrogens with zero attached hydrogens (tertiary/aromatic N) is 1. The standard InChI is InChI=1S/C25H28N2O4S2/c1-18-10-15-23(31-3)24(16-18)33(29,30)27(21-8-6-5-7-9-21)17-25(28)26-19(2)20-11-13-22(32-4)14-12-20/h5-16,19H,17H2,1-4H3,(H,26,28)/t19-/m1/s1. The number of ether oxygens (including phenoxy) is 1. The third-order valence-corrected chi connectivity index (χ3v) is 7.75. The van der Waals surface area contributed by atoms with Gasteiger partial charge >= 0.3 is 0 Å². The highest BCUT2D eigenvalue weighted by Gasteiger charge is 2.30. The van der Waals surface area contributed by atoms with Gasteiger partial charge in [0.25, 0.3) is 10.0 Å². The molecule has 0 saturated carbocycles. The van der Waals surface area contributed by atoms with E-state index < -0.39 is 15.9 Å². The Kier molecular flexibility index (Phi) is 8.05. The molecule has 0 heterocycles. The maximum Gasteiger partial charge on any atom is 0.268 e. The fraction of sp³-hybridized carbons (Fsp3) is 0.240.